The second-order valence-electron chi connectivity index (χ2n) is 4.37. The zero-order chi connectivity index (χ0) is 13.0. The molecule has 1 atom stereocenters. The van der Waals surface area contributed by atoms with Crippen LogP contribution in [0.3, 0.4) is 0 Å². The van der Waals surface area contributed by atoms with E-state index in [0.717, 1.165) is 17.1 Å². The number of hydrogen-bond donors (Lipinski definition) is 2. The second kappa shape index (κ2) is 5.73. The summed E-state index contributed by atoms with van der Waals surface area (Å²) >= 11 is 0. The molecular weight excluding hydrogens is 234 g/mol. The van der Waals surface area contributed by atoms with Crippen molar-refractivity contribution in [3.05, 3.63) is 23.8 Å². The highest BCUT2D eigenvalue weighted by Crippen LogP contribution is 2.31. The quantitative estimate of drug-likeness (QED) is 0.821. The van der Waals surface area contributed by atoms with Crippen molar-refractivity contribution in [1.82, 2.24) is 0 Å². The van der Waals surface area contributed by atoms with Crippen molar-refractivity contribution >= 4 is 5.97 Å². The summed E-state index contributed by atoms with van der Waals surface area (Å²) in [6, 6.07) is 5.57. The van der Waals surface area contributed by atoms with Crippen LogP contribution in [0, 0.1) is 0 Å². The highest BCUT2D eigenvalue weighted by Gasteiger charge is 2.13. The summed E-state index contributed by atoms with van der Waals surface area (Å²) in [6.45, 7) is 1.13. The van der Waals surface area contributed by atoms with E-state index in [4.69, 9.17) is 20.3 Å². The number of carboxylic acid groups (broad SMARTS) is 1. The average molecular weight is 251 g/mol. The SMILES string of the molecule is NC(CCC(=O)O)Cc1ccc2c(c1)OCCO2. The van der Waals surface area contributed by atoms with Gasteiger partial charge in [-0.25, -0.2) is 0 Å². The van der Waals surface area contributed by atoms with E-state index in [0.29, 0.717) is 26.1 Å². The Bertz CT molecular complexity index is 433. The van der Waals surface area contributed by atoms with Gasteiger partial charge in [0.05, 0.1) is 0 Å². The van der Waals surface area contributed by atoms with Crippen LogP contribution in [0.25, 0.3) is 0 Å². The Balaban J connectivity index is 1.95. The summed E-state index contributed by atoms with van der Waals surface area (Å²) in [6.07, 6.45) is 1.22. The van der Waals surface area contributed by atoms with E-state index in [-0.39, 0.29) is 12.5 Å². The van der Waals surface area contributed by atoms with Crippen molar-refractivity contribution in [1.29, 1.82) is 0 Å². The molecule has 1 aliphatic heterocycles. The molecule has 1 aromatic rings. The third kappa shape index (κ3) is 3.37. The molecule has 0 spiro atoms. The van der Waals surface area contributed by atoms with Crippen LogP contribution in [-0.2, 0) is 11.2 Å². The largest absolute Gasteiger partial charge is 0.486 e. The molecule has 0 saturated carbocycles. The zero-order valence-corrected chi connectivity index (χ0v) is 10.1. The summed E-state index contributed by atoms with van der Waals surface area (Å²) in [4.78, 5) is 10.5. The molecule has 2 rings (SSSR count). The van der Waals surface area contributed by atoms with Gasteiger partial charge in [0, 0.05) is 12.5 Å². The van der Waals surface area contributed by atoms with Gasteiger partial charge in [0.1, 0.15) is 13.2 Å². The Hall–Kier alpha value is -1.75. The number of carbonyl (C=O) groups is 1. The van der Waals surface area contributed by atoms with E-state index >= 15 is 0 Å². The van der Waals surface area contributed by atoms with Gasteiger partial charge in [-0.15, -0.1) is 0 Å². The van der Waals surface area contributed by atoms with Crippen molar-refractivity contribution < 1.29 is 19.4 Å². The first-order valence-corrected chi connectivity index (χ1v) is 6.01. The highest BCUT2D eigenvalue weighted by molar-refractivity contribution is 5.66. The van der Waals surface area contributed by atoms with Crippen molar-refractivity contribution in [3.63, 3.8) is 0 Å². The lowest BCUT2D eigenvalue weighted by atomic mass is 10.0. The van der Waals surface area contributed by atoms with E-state index in [2.05, 4.69) is 0 Å². The molecule has 0 aromatic heterocycles. The molecular formula is C13H17NO4. The van der Waals surface area contributed by atoms with Crippen LogP contribution in [0.2, 0.25) is 0 Å². The van der Waals surface area contributed by atoms with Gasteiger partial charge in [-0.2, -0.15) is 0 Å². The Morgan fingerprint density at radius 2 is 2.06 bits per heavy atom. The number of hydrogen-bond acceptors (Lipinski definition) is 4. The predicted molar refractivity (Wildman–Crippen MR) is 66.0 cm³/mol. The van der Waals surface area contributed by atoms with Crippen molar-refractivity contribution in [2.45, 2.75) is 25.3 Å². The average Bonchev–Trinajstić information content (AvgIpc) is 2.36. The molecule has 5 heteroatoms. The molecule has 18 heavy (non-hydrogen) atoms. The predicted octanol–water partition coefficient (Wildman–Crippen LogP) is 1.19. The Morgan fingerprint density at radius 1 is 1.33 bits per heavy atom. The maximum atomic E-state index is 10.5. The zero-order valence-electron chi connectivity index (χ0n) is 10.1. The fourth-order valence-corrected chi connectivity index (χ4v) is 1.93. The fourth-order valence-electron chi connectivity index (χ4n) is 1.93. The van der Waals surface area contributed by atoms with E-state index in [9.17, 15) is 4.79 Å². The minimum atomic E-state index is -0.812. The Kier molecular flexibility index (Phi) is 4.04. The molecule has 0 bridgehead atoms. The standard InChI is InChI=1S/C13H17NO4/c14-10(2-4-13(15)16)7-9-1-3-11-12(8-9)18-6-5-17-11/h1,3,8,10H,2,4-7,14H2,(H,15,16). The monoisotopic (exact) mass is 251 g/mol. The van der Waals surface area contributed by atoms with Crippen LogP contribution in [0.5, 0.6) is 11.5 Å². The molecule has 0 radical (unpaired) electrons. The van der Waals surface area contributed by atoms with Crippen LogP contribution >= 0.6 is 0 Å². The third-order valence-corrected chi connectivity index (χ3v) is 2.83. The summed E-state index contributed by atoms with van der Waals surface area (Å²) in [5, 5.41) is 8.59. The molecule has 3 N–H and O–H groups in total. The van der Waals surface area contributed by atoms with E-state index in [1.807, 2.05) is 18.2 Å². The van der Waals surface area contributed by atoms with Gasteiger partial charge in [-0.1, -0.05) is 6.07 Å². The Morgan fingerprint density at radius 3 is 2.78 bits per heavy atom. The summed E-state index contributed by atoms with van der Waals surface area (Å²) < 4.78 is 10.9. The van der Waals surface area contributed by atoms with Crippen LogP contribution < -0.4 is 15.2 Å². The van der Waals surface area contributed by atoms with Crippen LogP contribution in [0.1, 0.15) is 18.4 Å². The second-order valence-corrected chi connectivity index (χ2v) is 4.37. The maximum Gasteiger partial charge on any atom is 0.303 e. The minimum Gasteiger partial charge on any atom is -0.486 e. The van der Waals surface area contributed by atoms with Gasteiger partial charge < -0.3 is 20.3 Å². The number of benzene rings is 1. The molecule has 0 saturated heterocycles. The molecule has 0 amide bonds. The summed E-state index contributed by atoms with van der Waals surface area (Å²) in [7, 11) is 0. The molecule has 1 heterocycles. The van der Waals surface area contributed by atoms with E-state index in [1.54, 1.807) is 0 Å². The van der Waals surface area contributed by atoms with Gasteiger partial charge in [0.2, 0.25) is 0 Å². The lowest BCUT2D eigenvalue weighted by Crippen LogP contribution is -2.24. The van der Waals surface area contributed by atoms with Gasteiger partial charge in [0.15, 0.2) is 11.5 Å². The smallest absolute Gasteiger partial charge is 0.303 e. The van der Waals surface area contributed by atoms with Gasteiger partial charge >= 0.3 is 5.97 Å². The van der Waals surface area contributed by atoms with E-state index in [1.165, 1.54) is 0 Å². The van der Waals surface area contributed by atoms with Gasteiger partial charge in [-0.05, 0) is 30.5 Å². The fraction of sp³-hybridized carbons (Fsp3) is 0.462. The summed E-state index contributed by atoms with van der Waals surface area (Å²) in [5.74, 6) is 0.681. The number of nitrogens with two attached hydrogens (primary N) is 1. The highest BCUT2D eigenvalue weighted by atomic mass is 16.6. The first-order valence-electron chi connectivity index (χ1n) is 6.01. The lowest BCUT2D eigenvalue weighted by molar-refractivity contribution is -0.137. The molecule has 0 fully saturated rings. The number of ether oxygens (including phenoxy) is 2. The normalized spacial score (nSPS) is 15.2. The van der Waals surface area contributed by atoms with Crippen LogP contribution in [-0.4, -0.2) is 30.3 Å². The van der Waals surface area contributed by atoms with Gasteiger partial charge in [0.25, 0.3) is 0 Å². The number of fused-ring (bicyclic) bond motifs is 1. The van der Waals surface area contributed by atoms with Crippen molar-refractivity contribution in [2.24, 2.45) is 5.73 Å². The molecule has 1 unspecified atom stereocenters. The van der Waals surface area contributed by atoms with Crippen molar-refractivity contribution in [3.8, 4) is 11.5 Å². The number of carboxylic acids is 1. The topological polar surface area (TPSA) is 81.8 Å². The van der Waals surface area contributed by atoms with E-state index < -0.39 is 5.97 Å². The summed E-state index contributed by atoms with van der Waals surface area (Å²) in [5.41, 5.74) is 6.93. The molecule has 1 aromatic carbocycles. The molecule has 0 aliphatic carbocycles. The molecule has 1 aliphatic rings. The molecule has 5 nitrogen and oxygen atoms in total. The minimum absolute atomic E-state index is 0.103. The van der Waals surface area contributed by atoms with Crippen molar-refractivity contribution in [2.75, 3.05) is 13.2 Å². The lowest BCUT2D eigenvalue weighted by Gasteiger charge is -2.19. The number of rotatable bonds is 5. The van der Waals surface area contributed by atoms with Crippen LogP contribution in [0.4, 0.5) is 0 Å². The first kappa shape index (κ1) is 12.7. The van der Waals surface area contributed by atoms with Gasteiger partial charge in [-0.3, -0.25) is 4.79 Å². The first-order chi connectivity index (χ1) is 8.65. The third-order valence-electron chi connectivity index (χ3n) is 2.83. The van der Waals surface area contributed by atoms with Crippen LogP contribution in [0.15, 0.2) is 18.2 Å². The molecule has 98 valence electrons. The maximum absolute atomic E-state index is 10.5. The Labute approximate surface area is 106 Å². The number of aliphatic carboxylic acids is 1.